The van der Waals surface area contributed by atoms with Crippen LogP contribution in [0.25, 0.3) is 0 Å². The molecule has 1 saturated heterocycles. The average molecular weight is 224 g/mol. The van der Waals surface area contributed by atoms with Crippen LogP contribution in [-0.2, 0) is 4.79 Å². The number of likely N-dealkylation sites (tertiary alicyclic amines) is 1. The van der Waals surface area contributed by atoms with Crippen molar-refractivity contribution in [3.63, 3.8) is 0 Å². The van der Waals surface area contributed by atoms with Gasteiger partial charge in [0.25, 0.3) is 0 Å². The highest BCUT2D eigenvalue weighted by Crippen LogP contribution is 2.28. The zero-order valence-corrected chi connectivity index (χ0v) is 10.4. The molecule has 1 saturated carbocycles. The number of nitrogens with zero attached hydrogens (tertiary/aromatic N) is 1. The minimum Gasteiger partial charge on any atom is -0.343 e. The molecule has 0 spiro atoms. The Kier molecular flexibility index (Phi) is 4.22. The second-order valence-electron chi connectivity index (χ2n) is 5.32. The fourth-order valence-electron chi connectivity index (χ4n) is 2.67. The molecule has 0 aromatic heterocycles. The third-order valence-corrected chi connectivity index (χ3v) is 4.15. The molecule has 2 fully saturated rings. The van der Waals surface area contributed by atoms with Crippen molar-refractivity contribution < 1.29 is 4.79 Å². The van der Waals surface area contributed by atoms with Crippen LogP contribution < -0.4 is 5.32 Å². The first-order chi connectivity index (χ1) is 7.75. The largest absolute Gasteiger partial charge is 0.343 e. The lowest BCUT2D eigenvalue weighted by Crippen LogP contribution is -2.44. The van der Waals surface area contributed by atoms with Crippen LogP contribution in [0.15, 0.2) is 0 Å². The molecule has 92 valence electrons. The maximum atomic E-state index is 11.2. The van der Waals surface area contributed by atoms with Gasteiger partial charge in [-0.2, -0.15) is 0 Å². The zero-order chi connectivity index (χ0) is 11.4. The summed E-state index contributed by atoms with van der Waals surface area (Å²) in [6, 6.07) is 0.649. The normalized spacial score (nSPS) is 23.2. The van der Waals surface area contributed by atoms with Crippen LogP contribution in [0.5, 0.6) is 0 Å². The van der Waals surface area contributed by atoms with E-state index < -0.39 is 0 Å². The predicted octanol–water partition coefficient (Wildman–Crippen LogP) is 1.78. The third-order valence-electron chi connectivity index (χ3n) is 4.15. The van der Waals surface area contributed by atoms with E-state index in [9.17, 15) is 4.79 Å². The first-order valence-electron chi connectivity index (χ1n) is 6.74. The Morgan fingerprint density at radius 1 is 1.25 bits per heavy atom. The quantitative estimate of drug-likeness (QED) is 0.789. The Hall–Kier alpha value is -0.570. The van der Waals surface area contributed by atoms with Crippen LogP contribution in [0.2, 0.25) is 0 Å². The number of hydrogen-bond acceptors (Lipinski definition) is 2. The van der Waals surface area contributed by atoms with Gasteiger partial charge in [-0.1, -0.05) is 19.3 Å². The monoisotopic (exact) mass is 224 g/mol. The van der Waals surface area contributed by atoms with E-state index in [0.29, 0.717) is 6.04 Å². The van der Waals surface area contributed by atoms with E-state index in [1.54, 1.807) is 6.92 Å². The summed E-state index contributed by atoms with van der Waals surface area (Å²) in [7, 11) is 0. The predicted molar refractivity (Wildman–Crippen MR) is 65.2 cm³/mol. The van der Waals surface area contributed by atoms with Crippen molar-refractivity contribution in [2.24, 2.45) is 5.92 Å². The smallest absolute Gasteiger partial charge is 0.219 e. The molecule has 0 atom stereocenters. The van der Waals surface area contributed by atoms with Crippen molar-refractivity contribution >= 4 is 5.91 Å². The fraction of sp³-hybridized carbons (Fsp3) is 0.923. The molecule has 0 unspecified atom stereocenters. The van der Waals surface area contributed by atoms with Gasteiger partial charge in [0.15, 0.2) is 0 Å². The highest BCUT2D eigenvalue weighted by atomic mass is 16.2. The van der Waals surface area contributed by atoms with E-state index in [-0.39, 0.29) is 5.91 Å². The number of amides is 1. The summed E-state index contributed by atoms with van der Waals surface area (Å²) in [4.78, 5) is 13.1. The maximum absolute atomic E-state index is 11.2. The summed E-state index contributed by atoms with van der Waals surface area (Å²) < 4.78 is 0. The van der Waals surface area contributed by atoms with Crippen LogP contribution in [0.4, 0.5) is 0 Å². The van der Waals surface area contributed by atoms with Crippen molar-refractivity contribution in [1.29, 1.82) is 0 Å². The second-order valence-corrected chi connectivity index (χ2v) is 5.32. The zero-order valence-electron chi connectivity index (χ0n) is 10.4. The topological polar surface area (TPSA) is 32.3 Å². The lowest BCUT2D eigenvalue weighted by molar-refractivity contribution is -0.129. The van der Waals surface area contributed by atoms with E-state index in [4.69, 9.17) is 0 Å². The Bertz CT molecular complexity index is 230. The lowest BCUT2D eigenvalue weighted by atomic mass is 9.83. The van der Waals surface area contributed by atoms with Gasteiger partial charge in [0, 0.05) is 26.1 Å². The van der Waals surface area contributed by atoms with Gasteiger partial charge in [-0.05, 0) is 31.7 Å². The molecule has 3 heteroatoms. The van der Waals surface area contributed by atoms with Crippen molar-refractivity contribution in [3.8, 4) is 0 Å². The van der Waals surface area contributed by atoms with E-state index in [1.807, 2.05) is 4.90 Å². The van der Waals surface area contributed by atoms with Gasteiger partial charge in [-0.25, -0.2) is 0 Å². The molecule has 1 N–H and O–H groups in total. The van der Waals surface area contributed by atoms with Crippen molar-refractivity contribution in [3.05, 3.63) is 0 Å². The summed E-state index contributed by atoms with van der Waals surface area (Å²) >= 11 is 0. The molecule has 1 aliphatic carbocycles. The molecule has 0 aromatic rings. The molecular weight excluding hydrogens is 200 g/mol. The van der Waals surface area contributed by atoms with Gasteiger partial charge in [-0.3, -0.25) is 4.79 Å². The molecule has 16 heavy (non-hydrogen) atoms. The minimum atomic E-state index is 0.230. The van der Waals surface area contributed by atoms with Crippen LogP contribution in [-0.4, -0.2) is 36.5 Å². The number of piperidine rings is 1. The molecule has 1 amide bonds. The van der Waals surface area contributed by atoms with Crippen molar-refractivity contribution in [2.45, 2.75) is 51.5 Å². The number of carbonyl (C=O) groups excluding carboxylic acids is 1. The molecule has 3 nitrogen and oxygen atoms in total. The van der Waals surface area contributed by atoms with E-state index in [2.05, 4.69) is 5.32 Å². The number of rotatable bonds is 4. The lowest BCUT2D eigenvalue weighted by Gasteiger charge is -2.32. The molecule has 0 aromatic carbocycles. The van der Waals surface area contributed by atoms with E-state index >= 15 is 0 Å². The summed E-state index contributed by atoms with van der Waals surface area (Å²) in [5.41, 5.74) is 0. The molecule has 0 bridgehead atoms. The molecule has 0 radical (unpaired) electrons. The van der Waals surface area contributed by atoms with Crippen molar-refractivity contribution in [2.75, 3.05) is 19.6 Å². The first kappa shape index (κ1) is 11.9. The van der Waals surface area contributed by atoms with Gasteiger partial charge in [0.2, 0.25) is 5.91 Å². The average Bonchev–Trinajstić information content (AvgIpc) is 2.22. The van der Waals surface area contributed by atoms with Crippen LogP contribution in [0.3, 0.4) is 0 Å². The molecule has 1 heterocycles. The Morgan fingerprint density at radius 3 is 2.44 bits per heavy atom. The molecule has 2 rings (SSSR count). The number of hydrogen-bond donors (Lipinski definition) is 1. The van der Waals surface area contributed by atoms with Crippen LogP contribution in [0.1, 0.15) is 45.4 Å². The highest BCUT2D eigenvalue weighted by molar-refractivity contribution is 5.73. The third kappa shape index (κ3) is 3.21. The molecule has 1 aliphatic heterocycles. The van der Waals surface area contributed by atoms with Gasteiger partial charge in [0.1, 0.15) is 0 Å². The van der Waals surface area contributed by atoms with E-state index in [1.165, 1.54) is 32.2 Å². The fourth-order valence-corrected chi connectivity index (χ4v) is 2.67. The summed E-state index contributed by atoms with van der Waals surface area (Å²) in [6.07, 6.45) is 7.96. The Balaban J connectivity index is 1.56. The molecular formula is C13H24N2O. The summed E-state index contributed by atoms with van der Waals surface area (Å²) in [5, 5.41) is 3.64. The summed E-state index contributed by atoms with van der Waals surface area (Å²) in [5.74, 6) is 1.23. The highest BCUT2D eigenvalue weighted by Gasteiger charge is 2.21. The first-order valence-corrected chi connectivity index (χ1v) is 6.74. The Morgan fingerprint density at radius 2 is 1.94 bits per heavy atom. The standard InChI is InChI=1S/C13H24N2O/c1-11(16)15-9-6-13(7-10-15)14-8-5-12-3-2-4-12/h12-14H,2-10H2,1H3. The minimum absolute atomic E-state index is 0.230. The Labute approximate surface area is 98.6 Å². The summed E-state index contributed by atoms with van der Waals surface area (Å²) in [6.45, 7) is 4.73. The maximum Gasteiger partial charge on any atom is 0.219 e. The van der Waals surface area contributed by atoms with E-state index in [0.717, 1.165) is 31.8 Å². The van der Waals surface area contributed by atoms with Crippen LogP contribution >= 0.6 is 0 Å². The van der Waals surface area contributed by atoms with Gasteiger partial charge in [0.05, 0.1) is 0 Å². The van der Waals surface area contributed by atoms with Crippen molar-refractivity contribution in [1.82, 2.24) is 10.2 Å². The van der Waals surface area contributed by atoms with Gasteiger partial charge in [-0.15, -0.1) is 0 Å². The van der Waals surface area contributed by atoms with Gasteiger partial charge >= 0.3 is 0 Å². The van der Waals surface area contributed by atoms with Gasteiger partial charge < -0.3 is 10.2 Å². The SMILES string of the molecule is CC(=O)N1CCC(NCCC2CCC2)CC1. The second kappa shape index (κ2) is 5.67. The molecule has 2 aliphatic rings. The number of nitrogens with one attached hydrogen (secondary N) is 1. The van der Waals surface area contributed by atoms with Crippen LogP contribution in [0, 0.1) is 5.92 Å². The number of carbonyl (C=O) groups is 1.